The highest BCUT2D eigenvalue weighted by molar-refractivity contribution is 6.35. The second-order valence-corrected chi connectivity index (χ2v) is 7.12. The molecule has 1 aliphatic rings. The molecule has 2 aromatic rings. The summed E-state index contributed by atoms with van der Waals surface area (Å²) in [5, 5.41) is 1.39. The first-order valence-electron chi connectivity index (χ1n) is 8.33. The highest BCUT2D eigenvalue weighted by Crippen LogP contribution is 2.25. The number of likely N-dealkylation sites (N-methyl/N-ethyl adjacent to an activating group) is 1. The lowest BCUT2D eigenvalue weighted by atomic mass is 10.0. The summed E-state index contributed by atoms with van der Waals surface area (Å²) in [6, 6.07) is 7.80. The topological polar surface area (TPSA) is 41.5 Å². The number of benzene rings is 1. The number of hydrogen-bond acceptors (Lipinski definition) is 5. The molecule has 134 valence electrons. The first kappa shape index (κ1) is 18.2. The number of anilines is 1. The summed E-state index contributed by atoms with van der Waals surface area (Å²) < 4.78 is 5.20. The van der Waals surface area contributed by atoms with E-state index >= 15 is 0 Å². The summed E-state index contributed by atoms with van der Waals surface area (Å²) in [4.78, 5) is 13.4. The van der Waals surface area contributed by atoms with E-state index in [9.17, 15) is 0 Å². The minimum absolute atomic E-state index is 0.354. The predicted octanol–water partition coefficient (Wildman–Crippen LogP) is 3.89. The monoisotopic (exact) mass is 380 g/mol. The van der Waals surface area contributed by atoms with E-state index in [0.717, 1.165) is 43.1 Å². The van der Waals surface area contributed by atoms with Gasteiger partial charge in [0.1, 0.15) is 0 Å². The third-order valence-electron chi connectivity index (χ3n) is 4.58. The Hall–Kier alpha value is -1.56. The Bertz CT molecular complexity index is 728. The zero-order chi connectivity index (χ0) is 17.8. The molecule has 2 heterocycles. The normalized spacial score (nSPS) is 18.2. The number of aromatic nitrogens is 2. The van der Waals surface area contributed by atoms with Gasteiger partial charge in [-0.2, -0.15) is 4.98 Å². The molecule has 1 aromatic carbocycles. The fourth-order valence-corrected chi connectivity index (χ4v) is 3.63. The average molecular weight is 381 g/mol. The summed E-state index contributed by atoms with van der Waals surface area (Å²) in [7, 11) is 3.66. The van der Waals surface area contributed by atoms with Crippen molar-refractivity contribution in [3.8, 4) is 5.88 Å². The Kier molecular flexibility index (Phi) is 5.99. The van der Waals surface area contributed by atoms with Crippen LogP contribution in [0.5, 0.6) is 5.88 Å². The molecule has 0 radical (unpaired) electrons. The number of piperidine rings is 1. The lowest BCUT2D eigenvalue weighted by Crippen LogP contribution is -2.46. The molecule has 0 aliphatic carbocycles. The Labute approximate surface area is 158 Å². The third kappa shape index (κ3) is 4.54. The molecule has 25 heavy (non-hydrogen) atoms. The molecule has 5 nitrogen and oxygen atoms in total. The van der Waals surface area contributed by atoms with E-state index in [1.165, 1.54) is 0 Å². The minimum Gasteiger partial charge on any atom is -0.481 e. The number of ether oxygens (including phenoxy) is 1. The lowest BCUT2D eigenvalue weighted by molar-refractivity contribution is 0.198. The van der Waals surface area contributed by atoms with Crippen LogP contribution in [0.15, 0.2) is 30.5 Å². The van der Waals surface area contributed by atoms with Crippen LogP contribution < -0.4 is 9.64 Å². The molecule has 1 saturated heterocycles. The Morgan fingerprint density at radius 1 is 1.32 bits per heavy atom. The highest BCUT2D eigenvalue weighted by Gasteiger charge is 2.25. The summed E-state index contributed by atoms with van der Waals surface area (Å²) in [6.45, 7) is 2.82. The minimum atomic E-state index is 0.354. The summed E-state index contributed by atoms with van der Waals surface area (Å²) in [5.41, 5.74) is 1.10. The fraction of sp³-hybridized carbons (Fsp3) is 0.444. The van der Waals surface area contributed by atoms with Gasteiger partial charge >= 0.3 is 0 Å². The van der Waals surface area contributed by atoms with Crippen molar-refractivity contribution < 1.29 is 4.74 Å². The van der Waals surface area contributed by atoms with Crippen molar-refractivity contribution in [3.05, 3.63) is 46.1 Å². The Balaban J connectivity index is 1.67. The molecular formula is C18H22Cl2N4O. The van der Waals surface area contributed by atoms with Crippen molar-refractivity contribution in [1.82, 2.24) is 14.9 Å². The molecule has 1 aromatic heterocycles. The van der Waals surface area contributed by atoms with Crippen molar-refractivity contribution in [3.63, 3.8) is 0 Å². The molecule has 0 amide bonds. The van der Waals surface area contributed by atoms with Crippen LogP contribution in [0, 0.1) is 0 Å². The maximum absolute atomic E-state index is 6.32. The van der Waals surface area contributed by atoms with E-state index in [0.29, 0.717) is 22.9 Å². The van der Waals surface area contributed by atoms with Gasteiger partial charge in [0.05, 0.1) is 7.11 Å². The number of hydrogen-bond donors (Lipinski definition) is 0. The van der Waals surface area contributed by atoms with Crippen molar-refractivity contribution in [2.24, 2.45) is 0 Å². The molecule has 7 heteroatoms. The van der Waals surface area contributed by atoms with Crippen molar-refractivity contribution in [2.75, 3.05) is 32.1 Å². The SMILES string of the molecule is COc1ccnc(N(C)C2CCCN(Cc3ccc(Cl)cc3Cl)C2)n1. The molecule has 0 N–H and O–H groups in total. The molecule has 1 atom stereocenters. The fourth-order valence-electron chi connectivity index (χ4n) is 3.16. The summed E-state index contributed by atoms with van der Waals surface area (Å²) in [6.07, 6.45) is 3.97. The zero-order valence-corrected chi connectivity index (χ0v) is 16.0. The van der Waals surface area contributed by atoms with E-state index in [4.69, 9.17) is 27.9 Å². The average Bonchev–Trinajstić information content (AvgIpc) is 2.64. The van der Waals surface area contributed by atoms with Gasteiger partial charge < -0.3 is 9.64 Å². The maximum atomic E-state index is 6.32. The largest absolute Gasteiger partial charge is 0.481 e. The van der Waals surface area contributed by atoms with Crippen LogP contribution in [-0.2, 0) is 6.54 Å². The van der Waals surface area contributed by atoms with E-state index in [-0.39, 0.29) is 0 Å². The van der Waals surface area contributed by atoms with Crippen LogP contribution in [0.25, 0.3) is 0 Å². The van der Waals surface area contributed by atoms with Crippen LogP contribution in [0.2, 0.25) is 10.0 Å². The smallest absolute Gasteiger partial charge is 0.228 e. The van der Waals surface area contributed by atoms with E-state index in [1.54, 1.807) is 25.4 Å². The lowest BCUT2D eigenvalue weighted by Gasteiger charge is -2.37. The zero-order valence-electron chi connectivity index (χ0n) is 14.5. The number of nitrogens with zero attached hydrogens (tertiary/aromatic N) is 4. The van der Waals surface area contributed by atoms with Gasteiger partial charge in [-0.1, -0.05) is 29.3 Å². The second kappa shape index (κ2) is 8.21. The van der Waals surface area contributed by atoms with Crippen LogP contribution in [-0.4, -0.2) is 48.2 Å². The van der Waals surface area contributed by atoms with Crippen LogP contribution in [0.4, 0.5) is 5.95 Å². The summed E-state index contributed by atoms with van der Waals surface area (Å²) >= 11 is 12.3. The predicted molar refractivity (Wildman–Crippen MR) is 102 cm³/mol. The van der Waals surface area contributed by atoms with Gasteiger partial charge in [0, 0.05) is 48.5 Å². The van der Waals surface area contributed by atoms with Crippen LogP contribution in [0.3, 0.4) is 0 Å². The number of halogens is 2. The van der Waals surface area contributed by atoms with E-state index in [1.807, 2.05) is 19.2 Å². The quantitative estimate of drug-likeness (QED) is 0.786. The van der Waals surface area contributed by atoms with Gasteiger partial charge in [0.25, 0.3) is 0 Å². The van der Waals surface area contributed by atoms with Crippen molar-refractivity contribution in [2.45, 2.75) is 25.4 Å². The molecule has 3 rings (SSSR count). The van der Waals surface area contributed by atoms with Crippen molar-refractivity contribution >= 4 is 29.2 Å². The number of methoxy groups -OCH3 is 1. The van der Waals surface area contributed by atoms with Crippen molar-refractivity contribution in [1.29, 1.82) is 0 Å². The van der Waals surface area contributed by atoms with E-state index < -0.39 is 0 Å². The van der Waals surface area contributed by atoms with Gasteiger partial charge in [-0.05, 0) is 37.1 Å². The van der Waals surface area contributed by atoms with Gasteiger partial charge in [0.15, 0.2) is 0 Å². The Morgan fingerprint density at radius 2 is 2.16 bits per heavy atom. The summed E-state index contributed by atoms with van der Waals surface area (Å²) in [5.74, 6) is 1.27. The third-order valence-corrected chi connectivity index (χ3v) is 5.17. The molecule has 0 spiro atoms. The maximum Gasteiger partial charge on any atom is 0.228 e. The van der Waals surface area contributed by atoms with Crippen LogP contribution >= 0.6 is 23.2 Å². The van der Waals surface area contributed by atoms with Gasteiger partial charge in [-0.15, -0.1) is 0 Å². The molecule has 1 fully saturated rings. The highest BCUT2D eigenvalue weighted by atomic mass is 35.5. The molecule has 0 saturated carbocycles. The van der Waals surface area contributed by atoms with Gasteiger partial charge in [-0.3, -0.25) is 4.90 Å². The van der Waals surface area contributed by atoms with E-state index in [2.05, 4.69) is 19.8 Å². The molecule has 1 aliphatic heterocycles. The Morgan fingerprint density at radius 3 is 2.92 bits per heavy atom. The molecule has 1 unspecified atom stereocenters. The van der Waals surface area contributed by atoms with Gasteiger partial charge in [0.2, 0.25) is 11.8 Å². The van der Waals surface area contributed by atoms with Gasteiger partial charge in [-0.25, -0.2) is 4.98 Å². The standard InChI is InChI=1S/C18H22Cl2N4O/c1-23(18-21-8-7-17(22-18)25-2)15-4-3-9-24(12-15)11-13-5-6-14(19)10-16(13)20/h5-8,10,15H,3-4,9,11-12H2,1-2H3. The second-order valence-electron chi connectivity index (χ2n) is 6.28. The molecular weight excluding hydrogens is 359 g/mol. The molecule has 0 bridgehead atoms. The number of likely N-dealkylation sites (tertiary alicyclic amines) is 1. The first-order chi connectivity index (χ1) is 12.1. The van der Waals surface area contributed by atoms with Crippen LogP contribution in [0.1, 0.15) is 18.4 Å². The first-order valence-corrected chi connectivity index (χ1v) is 9.08. The number of rotatable bonds is 5.